The first-order chi connectivity index (χ1) is 10.8. The molecule has 0 unspecified atom stereocenters. The van der Waals surface area contributed by atoms with Gasteiger partial charge in [0.2, 0.25) is 0 Å². The summed E-state index contributed by atoms with van der Waals surface area (Å²) in [6.07, 6.45) is 2.21. The van der Waals surface area contributed by atoms with Crippen molar-refractivity contribution in [2.75, 3.05) is 20.1 Å². The lowest BCUT2D eigenvalue weighted by molar-refractivity contribution is 0.284. The van der Waals surface area contributed by atoms with Gasteiger partial charge in [-0.3, -0.25) is 4.99 Å². The largest absolute Gasteiger partial charge is 0.306 e. The molecule has 112 valence electrons. The number of hydrogen-bond donors (Lipinski definition) is 1. The van der Waals surface area contributed by atoms with Gasteiger partial charge in [-0.2, -0.15) is 0 Å². The summed E-state index contributed by atoms with van der Waals surface area (Å²) in [7, 11) is 2.09. The topological polar surface area (TPSA) is 27.6 Å². The van der Waals surface area contributed by atoms with Gasteiger partial charge in [0.15, 0.2) is 0 Å². The third-order valence-electron chi connectivity index (χ3n) is 4.69. The molecule has 1 N–H and O–H groups in total. The molecule has 0 saturated carbocycles. The zero-order valence-electron chi connectivity index (χ0n) is 12.9. The number of nitrogens with one attached hydrogen (secondary N) is 1. The van der Waals surface area contributed by atoms with Gasteiger partial charge >= 0.3 is 0 Å². The molecule has 2 aliphatic rings. The molecule has 3 heteroatoms. The predicted octanol–water partition coefficient (Wildman–Crippen LogP) is 2.77. The van der Waals surface area contributed by atoms with Gasteiger partial charge in [0, 0.05) is 13.6 Å². The van der Waals surface area contributed by atoms with E-state index in [0.717, 1.165) is 31.8 Å². The van der Waals surface area contributed by atoms with Crippen molar-refractivity contribution in [3.05, 3.63) is 70.8 Å². The van der Waals surface area contributed by atoms with E-state index in [4.69, 9.17) is 4.99 Å². The first-order valence-electron chi connectivity index (χ1n) is 8.00. The molecule has 1 aliphatic carbocycles. The van der Waals surface area contributed by atoms with Crippen LogP contribution in [0.3, 0.4) is 0 Å². The van der Waals surface area contributed by atoms with Gasteiger partial charge in [-0.25, -0.2) is 5.01 Å². The lowest BCUT2D eigenvalue weighted by Crippen LogP contribution is -2.47. The van der Waals surface area contributed by atoms with E-state index in [2.05, 4.69) is 66.0 Å². The summed E-state index contributed by atoms with van der Waals surface area (Å²) in [6.45, 7) is 1.82. The number of rotatable bonds is 1. The highest BCUT2D eigenvalue weighted by atomic mass is 15.5. The van der Waals surface area contributed by atoms with Crippen molar-refractivity contribution in [1.29, 1.82) is 0 Å². The molecule has 22 heavy (non-hydrogen) atoms. The average molecular weight is 291 g/mol. The van der Waals surface area contributed by atoms with Crippen LogP contribution in [-0.2, 0) is 12.8 Å². The van der Waals surface area contributed by atoms with Crippen molar-refractivity contribution in [3.8, 4) is 0 Å². The summed E-state index contributed by atoms with van der Waals surface area (Å²) in [5, 5.41) is 2.14. The Bertz CT molecular complexity index is 673. The van der Waals surface area contributed by atoms with E-state index in [-0.39, 0.29) is 5.92 Å². The molecule has 0 aromatic heterocycles. The van der Waals surface area contributed by atoms with E-state index >= 15 is 0 Å². The molecule has 2 aromatic carbocycles. The van der Waals surface area contributed by atoms with Crippen LogP contribution in [-0.4, -0.2) is 31.0 Å². The molecule has 0 saturated heterocycles. The van der Waals surface area contributed by atoms with E-state index in [9.17, 15) is 0 Å². The fourth-order valence-corrected chi connectivity index (χ4v) is 3.58. The monoisotopic (exact) mass is 291 g/mol. The lowest BCUT2D eigenvalue weighted by atomic mass is 9.87. The molecular formula is C19H21N3. The minimum Gasteiger partial charge on any atom is -0.306 e. The lowest BCUT2D eigenvalue weighted by Gasteiger charge is -2.30. The summed E-state index contributed by atoms with van der Waals surface area (Å²) in [5.41, 5.74) is 9.16. The van der Waals surface area contributed by atoms with E-state index in [1.807, 2.05) is 0 Å². The molecular weight excluding hydrogens is 270 g/mol. The highest BCUT2D eigenvalue weighted by Gasteiger charge is 2.29. The molecule has 0 spiro atoms. The zero-order chi connectivity index (χ0) is 14.9. The minimum absolute atomic E-state index is 0.220. The number of aliphatic imine (C=N–C) groups is 1. The van der Waals surface area contributed by atoms with Crippen molar-refractivity contribution in [2.45, 2.75) is 18.8 Å². The maximum absolute atomic E-state index is 4.81. The van der Waals surface area contributed by atoms with Crippen LogP contribution in [0.1, 0.15) is 28.2 Å². The van der Waals surface area contributed by atoms with Crippen LogP contribution in [0.5, 0.6) is 0 Å². The summed E-state index contributed by atoms with van der Waals surface area (Å²) in [4.78, 5) is 4.81. The molecule has 4 rings (SSSR count). The average Bonchev–Trinajstić information content (AvgIpc) is 2.71. The second-order valence-electron chi connectivity index (χ2n) is 6.13. The second-order valence-corrected chi connectivity index (χ2v) is 6.13. The number of aryl methyl sites for hydroxylation is 2. The smallest absolute Gasteiger partial charge is 0.123 e. The van der Waals surface area contributed by atoms with Gasteiger partial charge in [0.25, 0.3) is 0 Å². The van der Waals surface area contributed by atoms with Crippen molar-refractivity contribution in [1.82, 2.24) is 10.4 Å². The van der Waals surface area contributed by atoms with Crippen LogP contribution in [0.15, 0.2) is 53.5 Å². The Morgan fingerprint density at radius 2 is 1.55 bits per heavy atom. The number of nitrogens with zero attached hydrogens (tertiary/aromatic N) is 2. The van der Waals surface area contributed by atoms with Crippen LogP contribution in [0, 0.1) is 0 Å². The molecule has 3 nitrogen and oxygen atoms in total. The standard InChI is InChI=1S/C19H21N3/c1-22-13-12-20-19(21-22)18-16-8-4-2-6-14(16)10-11-15-7-3-5-9-17(15)18/h2-9,18H,10-13H2,1H3,(H,20,21). The number of benzene rings is 2. The van der Waals surface area contributed by atoms with E-state index in [1.54, 1.807) is 0 Å². The van der Waals surface area contributed by atoms with E-state index < -0.39 is 0 Å². The maximum atomic E-state index is 4.81. The van der Waals surface area contributed by atoms with Crippen LogP contribution in [0.4, 0.5) is 0 Å². The Morgan fingerprint density at radius 3 is 2.14 bits per heavy atom. The van der Waals surface area contributed by atoms with Crippen LogP contribution in [0.25, 0.3) is 0 Å². The van der Waals surface area contributed by atoms with Crippen molar-refractivity contribution in [2.24, 2.45) is 4.99 Å². The highest BCUT2D eigenvalue weighted by molar-refractivity contribution is 5.93. The Balaban J connectivity index is 1.89. The van der Waals surface area contributed by atoms with Crippen LogP contribution < -0.4 is 5.43 Å². The Kier molecular flexibility index (Phi) is 3.43. The molecule has 0 fully saturated rings. The number of amidine groups is 1. The zero-order valence-corrected chi connectivity index (χ0v) is 12.9. The summed E-state index contributed by atoms with van der Waals surface area (Å²) in [6, 6.07) is 17.6. The number of likely N-dealkylation sites (N-methyl/N-ethyl adjacent to an activating group) is 1. The van der Waals surface area contributed by atoms with E-state index in [1.165, 1.54) is 22.3 Å². The molecule has 0 radical (unpaired) electrons. The van der Waals surface area contributed by atoms with Crippen LogP contribution >= 0.6 is 0 Å². The van der Waals surface area contributed by atoms with Gasteiger partial charge < -0.3 is 5.43 Å². The molecule has 0 atom stereocenters. The number of hydrazine groups is 1. The van der Waals surface area contributed by atoms with Crippen molar-refractivity contribution < 1.29 is 0 Å². The number of hydrogen-bond acceptors (Lipinski definition) is 3. The predicted molar refractivity (Wildman–Crippen MR) is 90.2 cm³/mol. The quantitative estimate of drug-likeness (QED) is 0.875. The molecule has 1 aliphatic heterocycles. The molecule has 2 aromatic rings. The normalized spacial score (nSPS) is 18.7. The van der Waals surface area contributed by atoms with Gasteiger partial charge in [-0.15, -0.1) is 0 Å². The Hall–Kier alpha value is -2.13. The highest BCUT2D eigenvalue weighted by Crippen LogP contribution is 2.35. The SMILES string of the molecule is CN1CCN=C(C2c3ccccc3CCc3ccccc32)N1. The van der Waals surface area contributed by atoms with Crippen molar-refractivity contribution >= 4 is 5.84 Å². The first kappa shape index (κ1) is 13.5. The van der Waals surface area contributed by atoms with Gasteiger partial charge in [-0.1, -0.05) is 48.5 Å². The molecule has 1 heterocycles. The fourth-order valence-electron chi connectivity index (χ4n) is 3.58. The first-order valence-corrected chi connectivity index (χ1v) is 8.00. The van der Waals surface area contributed by atoms with Gasteiger partial charge in [-0.05, 0) is 35.1 Å². The number of fused-ring (bicyclic) bond motifs is 2. The molecule has 0 amide bonds. The third-order valence-corrected chi connectivity index (χ3v) is 4.69. The van der Waals surface area contributed by atoms with E-state index in [0.29, 0.717) is 0 Å². The van der Waals surface area contributed by atoms with Gasteiger partial charge in [0.05, 0.1) is 12.5 Å². The maximum Gasteiger partial charge on any atom is 0.123 e. The van der Waals surface area contributed by atoms with Crippen LogP contribution in [0.2, 0.25) is 0 Å². The Labute approximate surface area is 131 Å². The fraction of sp³-hybridized carbons (Fsp3) is 0.316. The molecule has 0 bridgehead atoms. The van der Waals surface area contributed by atoms with Gasteiger partial charge in [0.1, 0.15) is 5.84 Å². The summed E-state index contributed by atoms with van der Waals surface area (Å²) < 4.78 is 0. The Morgan fingerprint density at radius 1 is 0.955 bits per heavy atom. The second kappa shape index (κ2) is 5.58. The minimum atomic E-state index is 0.220. The summed E-state index contributed by atoms with van der Waals surface area (Å²) >= 11 is 0. The van der Waals surface area contributed by atoms with Crippen molar-refractivity contribution in [3.63, 3.8) is 0 Å². The summed E-state index contributed by atoms with van der Waals surface area (Å²) in [5.74, 6) is 1.30. The third kappa shape index (κ3) is 2.32.